The van der Waals surface area contributed by atoms with Gasteiger partial charge in [-0.3, -0.25) is 4.79 Å². The number of benzene rings is 1. The van der Waals surface area contributed by atoms with Crippen molar-refractivity contribution in [2.24, 2.45) is 11.8 Å². The van der Waals surface area contributed by atoms with Gasteiger partial charge in [0.1, 0.15) is 5.65 Å². The van der Waals surface area contributed by atoms with Gasteiger partial charge in [0.2, 0.25) is 0 Å². The molecule has 0 saturated carbocycles. The molecule has 7 nitrogen and oxygen atoms in total. The molecule has 4 atom stereocenters. The van der Waals surface area contributed by atoms with Crippen LogP contribution < -0.4 is 15.8 Å². The Morgan fingerprint density at radius 3 is 2.69 bits per heavy atom. The number of aryl methyl sites for hydroxylation is 2. The van der Waals surface area contributed by atoms with Crippen LogP contribution in [-0.2, 0) is 13.0 Å². The van der Waals surface area contributed by atoms with E-state index >= 15 is 0 Å². The first-order valence-corrected chi connectivity index (χ1v) is 11.7. The summed E-state index contributed by atoms with van der Waals surface area (Å²) in [6.45, 7) is 2.74. The highest BCUT2D eigenvalue weighted by Crippen LogP contribution is 2.50. The molecule has 3 aliphatic rings. The molecule has 32 heavy (non-hydrogen) atoms. The zero-order valence-electron chi connectivity index (χ0n) is 17.9. The van der Waals surface area contributed by atoms with Crippen molar-refractivity contribution in [3.63, 3.8) is 0 Å². The number of anilines is 1. The molecule has 4 aromatic rings. The monoisotopic (exact) mass is 426 g/mol. The zero-order valence-corrected chi connectivity index (χ0v) is 17.9. The fraction of sp³-hybridized carbons (Fsp3) is 0.400. The number of hydrogen-bond acceptors (Lipinski definition) is 5. The Hall–Kier alpha value is -3.19. The minimum absolute atomic E-state index is 0.0106. The third kappa shape index (κ3) is 2.60. The standard InChI is InChI=1S/C25H26N6O/c32-25-24-16(12-27-30(25)11-9-17-15-29-10-2-1-6-23(29)28-17)4-3-5-22(24)31-20-7-8-21(31)19-14-26-13-18(19)20/h1-6,10,12,15,18-21,26H,7-9,11,13-14H2/t18-,19+,20-,21+. The summed E-state index contributed by atoms with van der Waals surface area (Å²) < 4.78 is 3.63. The Balaban J connectivity index is 1.25. The molecule has 3 saturated heterocycles. The maximum atomic E-state index is 13.6. The molecule has 3 fully saturated rings. The molecule has 6 heterocycles. The first-order chi connectivity index (χ1) is 15.8. The first kappa shape index (κ1) is 18.4. The van der Waals surface area contributed by atoms with Gasteiger partial charge in [-0.2, -0.15) is 5.10 Å². The molecule has 0 radical (unpaired) electrons. The number of hydrogen-bond donors (Lipinski definition) is 1. The number of fused-ring (bicyclic) bond motifs is 7. The van der Waals surface area contributed by atoms with E-state index in [0.29, 0.717) is 36.9 Å². The predicted octanol–water partition coefficient (Wildman–Crippen LogP) is 2.47. The Morgan fingerprint density at radius 2 is 1.88 bits per heavy atom. The maximum Gasteiger partial charge on any atom is 0.276 e. The predicted molar refractivity (Wildman–Crippen MR) is 124 cm³/mol. The summed E-state index contributed by atoms with van der Waals surface area (Å²) in [5.74, 6) is 1.42. The number of rotatable bonds is 4. The number of aromatic nitrogens is 4. The van der Waals surface area contributed by atoms with E-state index in [-0.39, 0.29) is 5.56 Å². The van der Waals surface area contributed by atoms with E-state index in [2.05, 4.69) is 32.4 Å². The molecule has 3 aliphatic heterocycles. The SMILES string of the molecule is O=c1c2c(N3[C@@H]4CC[C@H]3[C@H]3CNC[C@H]34)cccc2cnn1CCc1cn2ccccc2n1. The fourth-order valence-electron chi connectivity index (χ4n) is 6.54. The summed E-state index contributed by atoms with van der Waals surface area (Å²) in [5, 5.41) is 9.84. The Morgan fingerprint density at radius 1 is 1.03 bits per heavy atom. The molecule has 0 aliphatic carbocycles. The molecule has 1 aromatic carbocycles. The number of nitrogens with one attached hydrogen (secondary N) is 1. The Bertz CT molecular complexity index is 1340. The minimum Gasteiger partial charge on any atom is -0.364 e. The zero-order chi connectivity index (χ0) is 21.2. The van der Waals surface area contributed by atoms with E-state index in [1.165, 1.54) is 12.8 Å². The minimum atomic E-state index is 0.0106. The van der Waals surface area contributed by atoms with Gasteiger partial charge in [-0.05, 0) is 42.9 Å². The van der Waals surface area contributed by atoms with Crippen molar-refractivity contribution < 1.29 is 0 Å². The lowest BCUT2D eigenvalue weighted by atomic mass is 9.82. The molecule has 1 N–H and O–H groups in total. The normalized spacial score (nSPS) is 26.4. The van der Waals surface area contributed by atoms with Crippen LogP contribution in [0.3, 0.4) is 0 Å². The number of imidazole rings is 1. The summed E-state index contributed by atoms with van der Waals surface area (Å²) >= 11 is 0. The molecule has 162 valence electrons. The van der Waals surface area contributed by atoms with Crippen molar-refractivity contribution in [1.29, 1.82) is 0 Å². The fourth-order valence-corrected chi connectivity index (χ4v) is 6.54. The molecule has 7 heteroatoms. The van der Waals surface area contributed by atoms with Gasteiger partial charge >= 0.3 is 0 Å². The van der Waals surface area contributed by atoms with Crippen LogP contribution >= 0.6 is 0 Å². The van der Waals surface area contributed by atoms with Crippen molar-refractivity contribution in [2.75, 3.05) is 18.0 Å². The highest BCUT2D eigenvalue weighted by atomic mass is 16.1. The van der Waals surface area contributed by atoms with Gasteiger partial charge in [-0.15, -0.1) is 0 Å². The van der Waals surface area contributed by atoms with Crippen LogP contribution in [0.25, 0.3) is 16.4 Å². The van der Waals surface area contributed by atoms with E-state index in [0.717, 1.165) is 40.9 Å². The third-order valence-corrected chi connectivity index (χ3v) is 7.90. The molecule has 0 amide bonds. The van der Waals surface area contributed by atoms with E-state index in [1.54, 1.807) is 4.68 Å². The van der Waals surface area contributed by atoms with E-state index in [4.69, 9.17) is 0 Å². The van der Waals surface area contributed by atoms with Crippen molar-refractivity contribution in [2.45, 2.75) is 37.9 Å². The van der Waals surface area contributed by atoms with Gasteiger partial charge in [0.15, 0.2) is 0 Å². The van der Waals surface area contributed by atoms with Gasteiger partial charge in [-0.1, -0.05) is 18.2 Å². The van der Waals surface area contributed by atoms with Gasteiger partial charge < -0.3 is 14.6 Å². The summed E-state index contributed by atoms with van der Waals surface area (Å²) in [6.07, 6.45) is 9.01. The first-order valence-electron chi connectivity index (χ1n) is 11.7. The van der Waals surface area contributed by atoms with Crippen molar-refractivity contribution in [1.82, 2.24) is 24.5 Å². The summed E-state index contributed by atoms with van der Waals surface area (Å²) in [5.41, 5.74) is 3.01. The average Bonchev–Trinajstić information content (AvgIpc) is 3.59. The second kappa shape index (κ2) is 6.90. The third-order valence-electron chi connectivity index (χ3n) is 7.90. The number of nitrogens with zero attached hydrogens (tertiary/aromatic N) is 5. The van der Waals surface area contributed by atoms with Crippen LogP contribution in [-0.4, -0.2) is 44.3 Å². The van der Waals surface area contributed by atoms with Gasteiger partial charge in [0.05, 0.1) is 29.5 Å². The molecule has 2 bridgehead atoms. The van der Waals surface area contributed by atoms with Crippen LogP contribution in [0.4, 0.5) is 5.69 Å². The largest absolute Gasteiger partial charge is 0.364 e. The molecular formula is C25H26N6O. The maximum absolute atomic E-state index is 13.6. The summed E-state index contributed by atoms with van der Waals surface area (Å²) in [6, 6.07) is 13.3. The highest BCUT2D eigenvalue weighted by molar-refractivity contribution is 5.93. The molecule has 7 rings (SSSR count). The lowest BCUT2D eigenvalue weighted by Crippen LogP contribution is -2.35. The van der Waals surface area contributed by atoms with E-state index in [1.807, 2.05) is 47.3 Å². The van der Waals surface area contributed by atoms with Crippen LogP contribution in [0.1, 0.15) is 18.5 Å². The Labute approximate surface area is 185 Å². The number of pyridine rings is 1. The van der Waals surface area contributed by atoms with E-state index in [9.17, 15) is 4.79 Å². The van der Waals surface area contributed by atoms with Crippen molar-refractivity contribution >= 4 is 22.1 Å². The Kier molecular flexibility index (Phi) is 3.97. The quantitative estimate of drug-likeness (QED) is 0.543. The van der Waals surface area contributed by atoms with Crippen molar-refractivity contribution in [3.05, 3.63) is 71.0 Å². The highest BCUT2D eigenvalue weighted by Gasteiger charge is 2.54. The van der Waals surface area contributed by atoms with Crippen LogP contribution in [0, 0.1) is 11.8 Å². The second-order valence-corrected chi connectivity index (χ2v) is 9.47. The van der Waals surface area contributed by atoms with Crippen LogP contribution in [0.2, 0.25) is 0 Å². The van der Waals surface area contributed by atoms with Crippen molar-refractivity contribution in [3.8, 4) is 0 Å². The van der Waals surface area contributed by atoms with E-state index < -0.39 is 0 Å². The summed E-state index contributed by atoms with van der Waals surface area (Å²) in [7, 11) is 0. The molecule has 3 aromatic heterocycles. The van der Waals surface area contributed by atoms with Crippen LogP contribution in [0.15, 0.2) is 59.8 Å². The molecule has 0 spiro atoms. The average molecular weight is 427 g/mol. The van der Waals surface area contributed by atoms with Gasteiger partial charge in [-0.25, -0.2) is 9.67 Å². The lowest BCUT2D eigenvalue weighted by molar-refractivity contribution is 0.354. The second-order valence-electron chi connectivity index (χ2n) is 9.47. The topological polar surface area (TPSA) is 67.5 Å². The van der Waals surface area contributed by atoms with Gasteiger partial charge in [0.25, 0.3) is 5.56 Å². The van der Waals surface area contributed by atoms with Crippen LogP contribution in [0.5, 0.6) is 0 Å². The smallest absolute Gasteiger partial charge is 0.276 e. The van der Waals surface area contributed by atoms with Gasteiger partial charge in [0, 0.05) is 49.4 Å². The lowest BCUT2D eigenvalue weighted by Gasteiger charge is -2.28. The summed E-state index contributed by atoms with van der Waals surface area (Å²) in [4.78, 5) is 20.9. The molecular weight excluding hydrogens is 400 g/mol. The molecule has 0 unspecified atom stereocenters.